The van der Waals surface area contributed by atoms with Gasteiger partial charge in [0.05, 0.1) is 0 Å². The maximum atomic E-state index is 8.58. The molecule has 1 amide bonds. The fourth-order valence-corrected chi connectivity index (χ4v) is 0. The van der Waals surface area contributed by atoms with Gasteiger partial charge in [-0.3, -0.25) is 4.79 Å². The van der Waals surface area contributed by atoms with Gasteiger partial charge in [0, 0.05) is 0 Å². The van der Waals surface area contributed by atoms with Gasteiger partial charge in [-0.2, -0.15) is 0 Å². The molecule has 0 rings (SSSR count). The Balaban J connectivity index is -0.0000000646. The van der Waals surface area contributed by atoms with Crippen molar-refractivity contribution in [2.24, 2.45) is 5.73 Å². The standard InChI is InChI=1S/C2H4.CH3NO.CH2O3/c1-2;2-1-3;2-1(3)4/h1-2H2;1H,(H2,2,3);(H2,2,3,4). The Labute approximate surface area is 52.4 Å². The van der Waals surface area contributed by atoms with Crippen molar-refractivity contribution in [1.82, 2.24) is 0 Å². The minimum atomic E-state index is -1.83. The van der Waals surface area contributed by atoms with Gasteiger partial charge >= 0.3 is 6.16 Å². The quantitative estimate of drug-likeness (QED) is 0.324. The van der Waals surface area contributed by atoms with Gasteiger partial charge in [-0.25, -0.2) is 4.79 Å². The second-order valence-electron chi connectivity index (χ2n) is 0.419. The highest BCUT2D eigenvalue weighted by Crippen LogP contribution is 1.42. The molecule has 9 heavy (non-hydrogen) atoms. The minimum Gasteiger partial charge on any atom is -0.450 e. The van der Waals surface area contributed by atoms with Gasteiger partial charge in [-0.1, -0.05) is 0 Å². The van der Waals surface area contributed by atoms with Crippen LogP contribution in [0.5, 0.6) is 0 Å². The summed E-state index contributed by atoms with van der Waals surface area (Å²) in [5.74, 6) is 0. The van der Waals surface area contributed by atoms with Crippen LogP contribution in [-0.2, 0) is 4.79 Å². The van der Waals surface area contributed by atoms with Crippen LogP contribution in [0.3, 0.4) is 0 Å². The number of carbonyl (C=O) groups excluding carboxylic acids is 1. The first kappa shape index (κ1) is 15.6. The Kier molecular flexibility index (Phi) is 55.0. The average molecular weight is 135 g/mol. The Hall–Kier alpha value is -1.52. The fraction of sp³-hybridized carbons (Fsp3) is 0. The van der Waals surface area contributed by atoms with Gasteiger partial charge < -0.3 is 15.9 Å². The molecule has 0 aromatic heterocycles. The van der Waals surface area contributed by atoms with E-state index >= 15 is 0 Å². The summed E-state index contributed by atoms with van der Waals surface area (Å²) in [7, 11) is 0. The third kappa shape index (κ3) is 56.3. The summed E-state index contributed by atoms with van der Waals surface area (Å²) in [5, 5.41) is 13.9. The van der Waals surface area contributed by atoms with Crippen molar-refractivity contribution in [2.75, 3.05) is 0 Å². The number of nitrogens with two attached hydrogens (primary N) is 1. The van der Waals surface area contributed by atoms with Crippen LogP contribution in [0.15, 0.2) is 13.2 Å². The van der Waals surface area contributed by atoms with Crippen molar-refractivity contribution in [3.05, 3.63) is 13.2 Å². The smallest absolute Gasteiger partial charge is 0.450 e. The first-order valence-electron chi connectivity index (χ1n) is 1.72. The van der Waals surface area contributed by atoms with Crippen LogP contribution in [0.1, 0.15) is 0 Å². The lowest BCUT2D eigenvalue weighted by atomic mass is 11.3. The van der Waals surface area contributed by atoms with Crippen LogP contribution in [-0.4, -0.2) is 22.8 Å². The fourth-order valence-electron chi connectivity index (χ4n) is 0. The molecule has 0 aliphatic rings. The molecule has 5 heteroatoms. The molecule has 0 aliphatic carbocycles. The van der Waals surface area contributed by atoms with Crippen LogP contribution < -0.4 is 5.73 Å². The summed E-state index contributed by atoms with van der Waals surface area (Å²) >= 11 is 0. The first-order valence-corrected chi connectivity index (χ1v) is 1.72. The van der Waals surface area contributed by atoms with Gasteiger partial charge in [0.25, 0.3) is 0 Å². The van der Waals surface area contributed by atoms with Gasteiger partial charge in [0.2, 0.25) is 6.41 Å². The second kappa shape index (κ2) is 31.6. The number of hydrogen-bond acceptors (Lipinski definition) is 2. The van der Waals surface area contributed by atoms with E-state index in [0.717, 1.165) is 0 Å². The third-order valence-corrected chi connectivity index (χ3v) is 0. The van der Waals surface area contributed by atoms with E-state index in [9.17, 15) is 0 Å². The van der Waals surface area contributed by atoms with E-state index in [2.05, 4.69) is 18.9 Å². The summed E-state index contributed by atoms with van der Waals surface area (Å²) in [5.41, 5.74) is 4.17. The van der Waals surface area contributed by atoms with E-state index in [1.165, 1.54) is 0 Å². The Morgan fingerprint density at radius 2 is 1.44 bits per heavy atom. The topological polar surface area (TPSA) is 101 Å². The van der Waals surface area contributed by atoms with Gasteiger partial charge in [0.15, 0.2) is 0 Å². The molecular weight excluding hydrogens is 126 g/mol. The van der Waals surface area contributed by atoms with Gasteiger partial charge in [-0.15, -0.1) is 13.2 Å². The highest BCUT2D eigenvalue weighted by atomic mass is 16.6. The summed E-state index contributed by atoms with van der Waals surface area (Å²) in [6.45, 7) is 6.00. The zero-order chi connectivity index (χ0) is 8.28. The maximum absolute atomic E-state index is 8.58. The minimum absolute atomic E-state index is 0.250. The predicted octanol–water partition coefficient (Wildman–Crippen LogP) is 0.126. The summed E-state index contributed by atoms with van der Waals surface area (Å²) < 4.78 is 0. The molecule has 0 heterocycles. The molecule has 0 unspecified atom stereocenters. The average Bonchev–Trinajstić information content (AvgIpc) is 1.71. The van der Waals surface area contributed by atoms with Gasteiger partial charge in [0.1, 0.15) is 0 Å². The van der Waals surface area contributed by atoms with E-state index < -0.39 is 6.16 Å². The number of carboxylic acid groups (broad SMARTS) is 2. The Morgan fingerprint density at radius 3 is 1.44 bits per heavy atom. The molecule has 0 saturated carbocycles. The molecule has 0 fully saturated rings. The van der Waals surface area contributed by atoms with E-state index in [0.29, 0.717) is 0 Å². The van der Waals surface area contributed by atoms with Crippen LogP contribution in [0.25, 0.3) is 0 Å². The van der Waals surface area contributed by atoms with Crippen LogP contribution >= 0.6 is 0 Å². The molecule has 0 radical (unpaired) electrons. The van der Waals surface area contributed by atoms with E-state index in [1.807, 2.05) is 0 Å². The molecule has 54 valence electrons. The van der Waals surface area contributed by atoms with Crippen molar-refractivity contribution in [2.45, 2.75) is 0 Å². The van der Waals surface area contributed by atoms with E-state index in [4.69, 9.17) is 19.8 Å². The molecule has 0 aliphatic heterocycles. The lowest BCUT2D eigenvalue weighted by Crippen LogP contribution is -1.82. The second-order valence-corrected chi connectivity index (χ2v) is 0.419. The zero-order valence-electron chi connectivity index (χ0n) is 4.78. The van der Waals surface area contributed by atoms with Crippen molar-refractivity contribution < 1.29 is 19.8 Å². The van der Waals surface area contributed by atoms with Crippen LogP contribution in [0, 0.1) is 0 Å². The largest absolute Gasteiger partial charge is 0.503 e. The monoisotopic (exact) mass is 135 g/mol. The van der Waals surface area contributed by atoms with E-state index in [-0.39, 0.29) is 6.41 Å². The molecule has 0 aromatic carbocycles. The molecule has 0 saturated heterocycles. The van der Waals surface area contributed by atoms with Crippen molar-refractivity contribution in [3.8, 4) is 0 Å². The normalized spacial score (nSPS) is 4.44. The molecule has 0 atom stereocenters. The Bertz CT molecular complexity index is 69.0. The summed E-state index contributed by atoms with van der Waals surface area (Å²) in [6, 6.07) is 0. The molecular formula is C4H9NO4. The molecule has 0 aromatic rings. The number of hydrogen-bond donors (Lipinski definition) is 3. The number of carbonyl (C=O) groups is 2. The van der Waals surface area contributed by atoms with Crippen LogP contribution in [0.4, 0.5) is 4.79 Å². The number of rotatable bonds is 0. The van der Waals surface area contributed by atoms with Crippen molar-refractivity contribution >= 4 is 12.6 Å². The third-order valence-electron chi connectivity index (χ3n) is 0. The number of primary amides is 1. The summed E-state index contributed by atoms with van der Waals surface area (Å²) in [4.78, 5) is 17.1. The highest BCUT2D eigenvalue weighted by Gasteiger charge is 1.70. The van der Waals surface area contributed by atoms with Crippen molar-refractivity contribution in [1.29, 1.82) is 0 Å². The SMILES string of the molecule is C=C.NC=O.O=C(O)O. The summed E-state index contributed by atoms with van der Waals surface area (Å²) in [6.07, 6.45) is -1.58. The van der Waals surface area contributed by atoms with Gasteiger partial charge in [-0.05, 0) is 0 Å². The molecule has 0 bridgehead atoms. The van der Waals surface area contributed by atoms with Crippen molar-refractivity contribution in [3.63, 3.8) is 0 Å². The lowest BCUT2D eigenvalue weighted by Gasteiger charge is -1.60. The predicted molar refractivity (Wildman–Crippen MR) is 32.2 cm³/mol. The Morgan fingerprint density at radius 1 is 1.44 bits per heavy atom. The highest BCUT2D eigenvalue weighted by molar-refractivity contribution is 5.53. The molecule has 5 nitrogen and oxygen atoms in total. The van der Waals surface area contributed by atoms with E-state index in [1.54, 1.807) is 0 Å². The number of amides is 1. The lowest BCUT2D eigenvalue weighted by molar-refractivity contribution is -0.106. The van der Waals surface area contributed by atoms with Crippen LogP contribution in [0.2, 0.25) is 0 Å². The molecule has 0 spiro atoms. The maximum Gasteiger partial charge on any atom is 0.503 e. The zero-order valence-corrected chi connectivity index (χ0v) is 4.78. The first-order chi connectivity index (χ1) is 4.15. The molecule has 4 N–H and O–H groups in total.